The number of carbonyl (C=O) groups excluding carboxylic acids is 1. The number of halogens is 2. The predicted octanol–water partition coefficient (Wildman–Crippen LogP) is 5.32. The van der Waals surface area contributed by atoms with Crippen LogP contribution in [0.5, 0.6) is 11.5 Å². The summed E-state index contributed by atoms with van der Waals surface area (Å²) in [5.41, 5.74) is 2.76. The van der Waals surface area contributed by atoms with Gasteiger partial charge in [0.25, 0.3) is 5.91 Å². The second-order valence-electron chi connectivity index (χ2n) is 7.66. The molecule has 4 rings (SSSR count). The molecule has 0 saturated carbocycles. The van der Waals surface area contributed by atoms with E-state index in [-0.39, 0.29) is 28.4 Å². The molecule has 0 fully saturated rings. The molecule has 8 heteroatoms. The average molecular weight is 466 g/mol. The van der Waals surface area contributed by atoms with E-state index in [1.807, 2.05) is 31.2 Å². The first kappa shape index (κ1) is 22.4. The Hall–Kier alpha value is -3.84. The summed E-state index contributed by atoms with van der Waals surface area (Å²) in [4.78, 5) is 14.4. The normalized spacial score (nSPS) is 10.9. The molecule has 0 unspecified atom stereocenters. The van der Waals surface area contributed by atoms with Crippen LogP contribution in [0.1, 0.15) is 21.5 Å². The first-order chi connectivity index (χ1) is 15.8. The number of rotatable bonds is 5. The van der Waals surface area contributed by atoms with Gasteiger partial charge >= 0.3 is 0 Å². The highest BCUT2D eigenvalue weighted by atomic mass is 35.5. The minimum atomic E-state index is -0.560. The SMILES string of the molecule is Cc1ccccc1-n1nccc1-c1cc(C(=O)N(C)Cc2c(F)cccc2Cl)c(O)cc1O. The lowest BCUT2D eigenvalue weighted by atomic mass is 10.0. The topological polar surface area (TPSA) is 78.6 Å². The third-order valence-corrected chi connectivity index (χ3v) is 5.76. The van der Waals surface area contributed by atoms with Crippen molar-refractivity contribution in [2.75, 3.05) is 7.05 Å². The van der Waals surface area contributed by atoms with Crippen LogP contribution >= 0.6 is 11.6 Å². The lowest BCUT2D eigenvalue weighted by Crippen LogP contribution is -2.27. The van der Waals surface area contributed by atoms with E-state index >= 15 is 0 Å². The van der Waals surface area contributed by atoms with Crippen LogP contribution in [0.3, 0.4) is 0 Å². The summed E-state index contributed by atoms with van der Waals surface area (Å²) in [6.07, 6.45) is 1.59. The third kappa shape index (κ3) is 4.27. The Morgan fingerprint density at radius 2 is 1.85 bits per heavy atom. The summed E-state index contributed by atoms with van der Waals surface area (Å²) in [6, 6.07) is 16.1. The second-order valence-corrected chi connectivity index (χ2v) is 8.07. The van der Waals surface area contributed by atoms with Gasteiger partial charge in [-0.3, -0.25) is 4.79 Å². The third-order valence-electron chi connectivity index (χ3n) is 5.41. The fraction of sp³-hybridized carbons (Fsp3) is 0.120. The number of carbonyl (C=O) groups is 1. The fourth-order valence-corrected chi connectivity index (χ4v) is 3.87. The van der Waals surface area contributed by atoms with Gasteiger partial charge < -0.3 is 15.1 Å². The van der Waals surface area contributed by atoms with Crippen molar-refractivity contribution in [3.63, 3.8) is 0 Å². The van der Waals surface area contributed by atoms with Gasteiger partial charge in [-0.2, -0.15) is 5.10 Å². The van der Waals surface area contributed by atoms with Gasteiger partial charge in [0.05, 0.1) is 23.1 Å². The molecule has 0 bridgehead atoms. The number of nitrogens with zero attached hydrogens (tertiary/aromatic N) is 3. The molecule has 0 radical (unpaired) electrons. The molecule has 0 aliphatic heterocycles. The number of hydrogen-bond donors (Lipinski definition) is 2. The van der Waals surface area contributed by atoms with Crippen LogP contribution in [0.4, 0.5) is 4.39 Å². The lowest BCUT2D eigenvalue weighted by molar-refractivity contribution is 0.0781. The van der Waals surface area contributed by atoms with Gasteiger partial charge in [-0.1, -0.05) is 35.9 Å². The monoisotopic (exact) mass is 465 g/mol. The first-order valence-electron chi connectivity index (χ1n) is 10.1. The maximum Gasteiger partial charge on any atom is 0.257 e. The minimum Gasteiger partial charge on any atom is -0.507 e. The molecule has 4 aromatic rings. The van der Waals surface area contributed by atoms with E-state index < -0.39 is 17.5 Å². The van der Waals surface area contributed by atoms with Crippen molar-refractivity contribution in [2.24, 2.45) is 0 Å². The van der Waals surface area contributed by atoms with Gasteiger partial charge in [0.15, 0.2) is 0 Å². The number of para-hydroxylation sites is 1. The Morgan fingerprint density at radius 3 is 2.58 bits per heavy atom. The van der Waals surface area contributed by atoms with E-state index in [1.165, 1.54) is 30.1 Å². The lowest BCUT2D eigenvalue weighted by Gasteiger charge is -2.20. The molecule has 1 amide bonds. The standard InChI is InChI=1S/C25H21ClFN3O3/c1-15-6-3-4-9-21(15)30-22(10-11-28-30)16-12-17(24(32)13-23(16)31)25(33)29(2)14-18-19(26)7-5-8-20(18)27/h3-13,31-32H,14H2,1-2H3. The average Bonchev–Trinajstić information content (AvgIpc) is 3.25. The summed E-state index contributed by atoms with van der Waals surface area (Å²) < 4.78 is 15.8. The molecule has 1 heterocycles. The Bertz CT molecular complexity index is 1330. The van der Waals surface area contributed by atoms with E-state index in [0.717, 1.165) is 17.3 Å². The summed E-state index contributed by atoms with van der Waals surface area (Å²) in [5.74, 6) is -1.69. The Balaban J connectivity index is 1.73. The number of phenolic OH excluding ortho intramolecular Hbond substituents is 2. The molecular formula is C25H21ClFN3O3. The Labute approximate surface area is 195 Å². The Morgan fingerprint density at radius 1 is 1.09 bits per heavy atom. The van der Waals surface area contributed by atoms with E-state index in [1.54, 1.807) is 23.0 Å². The smallest absolute Gasteiger partial charge is 0.257 e. The summed E-state index contributed by atoms with van der Waals surface area (Å²) in [7, 11) is 1.48. The molecule has 33 heavy (non-hydrogen) atoms. The maximum atomic E-state index is 14.2. The molecule has 3 aromatic carbocycles. The predicted molar refractivity (Wildman–Crippen MR) is 124 cm³/mol. The van der Waals surface area contributed by atoms with Crippen LogP contribution in [0.25, 0.3) is 16.9 Å². The molecule has 0 aliphatic carbocycles. The highest BCUT2D eigenvalue weighted by Crippen LogP contribution is 2.36. The van der Waals surface area contributed by atoms with Crippen molar-refractivity contribution in [1.82, 2.24) is 14.7 Å². The number of amides is 1. The van der Waals surface area contributed by atoms with Crippen LogP contribution in [0.2, 0.25) is 5.02 Å². The first-order valence-corrected chi connectivity index (χ1v) is 10.5. The van der Waals surface area contributed by atoms with E-state index in [0.29, 0.717) is 11.3 Å². The zero-order valence-electron chi connectivity index (χ0n) is 18.0. The largest absolute Gasteiger partial charge is 0.507 e. The number of hydrogen-bond acceptors (Lipinski definition) is 4. The second kappa shape index (κ2) is 8.96. The van der Waals surface area contributed by atoms with Crippen LogP contribution in [-0.2, 0) is 6.54 Å². The molecule has 0 aliphatic rings. The number of aromatic hydroxyl groups is 2. The summed E-state index contributed by atoms with van der Waals surface area (Å²) in [6.45, 7) is 1.84. The molecule has 0 atom stereocenters. The van der Waals surface area contributed by atoms with Crippen LogP contribution in [0.15, 0.2) is 66.9 Å². The van der Waals surface area contributed by atoms with Crippen LogP contribution in [0, 0.1) is 12.7 Å². The van der Waals surface area contributed by atoms with E-state index in [9.17, 15) is 19.4 Å². The van der Waals surface area contributed by atoms with E-state index in [4.69, 9.17) is 11.6 Å². The minimum absolute atomic E-state index is 0.0460. The molecule has 6 nitrogen and oxygen atoms in total. The van der Waals surface area contributed by atoms with Crippen molar-refractivity contribution in [3.8, 4) is 28.4 Å². The molecule has 0 saturated heterocycles. The summed E-state index contributed by atoms with van der Waals surface area (Å²) in [5, 5.41) is 25.5. The maximum absolute atomic E-state index is 14.2. The van der Waals surface area contributed by atoms with Gasteiger partial charge in [0, 0.05) is 35.8 Å². The number of aryl methyl sites for hydroxylation is 1. The summed E-state index contributed by atoms with van der Waals surface area (Å²) >= 11 is 6.09. The zero-order valence-corrected chi connectivity index (χ0v) is 18.7. The van der Waals surface area contributed by atoms with Crippen molar-refractivity contribution in [2.45, 2.75) is 13.5 Å². The van der Waals surface area contributed by atoms with Gasteiger partial charge in [-0.15, -0.1) is 0 Å². The van der Waals surface area contributed by atoms with Crippen molar-refractivity contribution in [3.05, 3.63) is 94.4 Å². The molecule has 0 spiro atoms. The number of aromatic nitrogens is 2. The highest BCUT2D eigenvalue weighted by molar-refractivity contribution is 6.31. The van der Waals surface area contributed by atoms with Crippen molar-refractivity contribution >= 4 is 17.5 Å². The van der Waals surface area contributed by atoms with Crippen molar-refractivity contribution < 1.29 is 19.4 Å². The van der Waals surface area contributed by atoms with Gasteiger partial charge in [-0.05, 0) is 42.8 Å². The quantitative estimate of drug-likeness (QED) is 0.418. The zero-order chi connectivity index (χ0) is 23.7. The highest BCUT2D eigenvalue weighted by Gasteiger charge is 2.23. The molecule has 1 aromatic heterocycles. The molecule has 168 valence electrons. The Kier molecular flexibility index (Phi) is 6.07. The number of benzene rings is 3. The van der Waals surface area contributed by atoms with Gasteiger partial charge in [0.1, 0.15) is 17.3 Å². The van der Waals surface area contributed by atoms with E-state index in [2.05, 4.69) is 5.10 Å². The van der Waals surface area contributed by atoms with Gasteiger partial charge in [-0.25, -0.2) is 9.07 Å². The van der Waals surface area contributed by atoms with Crippen LogP contribution < -0.4 is 0 Å². The molecular weight excluding hydrogens is 445 g/mol. The molecule has 2 N–H and O–H groups in total. The van der Waals surface area contributed by atoms with Crippen LogP contribution in [-0.4, -0.2) is 37.8 Å². The fourth-order valence-electron chi connectivity index (χ4n) is 3.65. The van der Waals surface area contributed by atoms with Gasteiger partial charge in [0.2, 0.25) is 0 Å². The number of phenols is 2. The van der Waals surface area contributed by atoms with Crippen molar-refractivity contribution in [1.29, 1.82) is 0 Å².